The first kappa shape index (κ1) is 15.6. The van der Waals surface area contributed by atoms with Gasteiger partial charge in [-0.1, -0.05) is 44.0 Å². The SMILES string of the molecule is CCC1=CC=CC1.[B][B][B]CC.[Co]. The molecule has 1 aliphatic carbocycles. The van der Waals surface area contributed by atoms with Gasteiger partial charge < -0.3 is 0 Å². The Morgan fingerprint density at radius 3 is 2.31 bits per heavy atom. The smallest absolute Gasteiger partial charge is 0.0541 e. The third-order valence-corrected chi connectivity index (χ3v) is 1.67. The van der Waals surface area contributed by atoms with E-state index < -0.39 is 0 Å². The minimum atomic E-state index is 0. The van der Waals surface area contributed by atoms with Crippen LogP contribution in [0.1, 0.15) is 26.7 Å². The van der Waals surface area contributed by atoms with Crippen LogP contribution < -0.4 is 0 Å². The third kappa shape index (κ3) is 10.1. The molecule has 0 aromatic heterocycles. The predicted molar refractivity (Wildman–Crippen MR) is 59.9 cm³/mol. The minimum Gasteiger partial charge on any atom is -0.0923 e. The second-order valence-corrected chi connectivity index (χ2v) is 2.65. The van der Waals surface area contributed by atoms with Gasteiger partial charge in [-0.05, 0) is 12.8 Å². The molecule has 0 fully saturated rings. The van der Waals surface area contributed by atoms with Crippen LogP contribution in [0.4, 0.5) is 0 Å². The Bertz CT molecular complexity index is 153. The van der Waals surface area contributed by atoms with Crippen LogP contribution in [-0.4, -0.2) is 22.0 Å². The number of allylic oxidation sites excluding steroid dienone is 4. The Balaban J connectivity index is 0. The van der Waals surface area contributed by atoms with Crippen molar-refractivity contribution < 1.29 is 16.8 Å². The molecule has 13 heavy (non-hydrogen) atoms. The average Bonchev–Trinajstić information content (AvgIpc) is 2.58. The maximum atomic E-state index is 4.96. The summed E-state index contributed by atoms with van der Waals surface area (Å²) in [6, 6.07) is 0. The molecule has 0 N–H and O–H groups in total. The molecule has 1 rings (SSSR count). The first-order valence-electron chi connectivity index (χ1n) is 4.56. The molecule has 0 saturated carbocycles. The van der Waals surface area contributed by atoms with Gasteiger partial charge in [-0.3, -0.25) is 0 Å². The second kappa shape index (κ2) is 12.2. The van der Waals surface area contributed by atoms with Crippen LogP contribution in [0, 0.1) is 0 Å². The number of hydrogen-bond acceptors (Lipinski definition) is 0. The first-order valence-corrected chi connectivity index (χ1v) is 4.56. The van der Waals surface area contributed by atoms with E-state index in [9.17, 15) is 0 Å². The van der Waals surface area contributed by atoms with E-state index in [2.05, 4.69) is 25.2 Å². The van der Waals surface area contributed by atoms with E-state index in [1.54, 1.807) is 12.6 Å². The van der Waals surface area contributed by atoms with E-state index in [-0.39, 0.29) is 16.8 Å². The summed E-state index contributed by atoms with van der Waals surface area (Å²) in [4.78, 5) is 0. The van der Waals surface area contributed by atoms with Crippen LogP contribution in [0.3, 0.4) is 0 Å². The Morgan fingerprint density at radius 1 is 1.46 bits per heavy atom. The Labute approximate surface area is 95.7 Å². The van der Waals surface area contributed by atoms with E-state index in [4.69, 9.17) is 7.74 Å². The zero-order valence-corrected chi connectivity index (χ0v) is 9.46. The third-order valence-electron chi connectivity index (χ3n) is 1.67. The summed E-state index contributed by atoms with van der Waals surface area (Å²) in [5.41, 5.74) is 1.56. The van der Waals surface area contributed by atoms with Gasteiger partial charge in [0, 0.05) is 31.6 Å². The van der Waals surface area contributed by atoms with Crippen LogP contribution in [-0.2, 0) is 16.8 Å². The molecular weight excluding hydrogens is 199 g/mol. The molecule has 0 nitrogen and oxygen atoms in total. The van der Waals surface area contributed by atoms with Crippen LogP contribution in [0.5, 0.6) is 0 Å². The second-order valence-electron chi connectivity index (χ2n) is 2.65. The van der Waals surface area contributed by atoms with Crippen molar-refractivity contribution in [2.45, 2.75) is 33.0 Å². The summed E-state index contributed by atoms with van der Waals surface area (Å²) >= 11 is 0. The zero-order valence-electron chi connectivity index (χ0n) is 8.42. The van der Waals surface area contributed by atoms with Crippen LogP contribution in [0.25, 0.3) is 0 Å². The van der Waals surface area contributed by atoms with E-state index in [0.717, 1.165) is 6.32 Å². The van der Waals surface area contributed by atoms with Gasteiger partial charge in [-0.15, -0.1) is 0 Å². The molecule has 0 amide bonds. The molecule has 69 valence electrons. The summed E-state index contributed by atoms with van der Waals surface area (Å²) < 4.78 is 0. The molecule has 0 bridgehead atoms. The Morgan fingerprint density at radius 2 is 2.15 bits per heavy atom. The van der Waals surface area contributed by atoms with E-state index in [1.807, 2.05) is 14.1 Å². The minimum absolute atomic E-state index is 0. The van der Waals surface area contributed by atoms with E-state index in [0.29, 0.717) is 0 Å². The summed E-state index contributed by atoms with van der Waals surface area (Å²) in [7, 11) is 8.42. The maximum absolute atomic E-state index is 4.96. The van der Waals surface area contributed by atoms with Gasteiger partial charge in [0.25, 0.3) is 0 Å². The standard InChI is InChI=1S/C7H10.C2H5B3.Co/c1-2-7-5-3-4-6-7;1-2-4-5-3;/h3-5H,2,6H2,1H3;2H2,1H3;. The van der Waals surface area contributed by atoms with Crippen LogP contribution in [0.15, 0.2) is 23.8 Å². The van der Waals surface area contributed by atoms with E-state index >= 15 is 0 Å². The molecule has 5 radical (unpaired) electrons. The normalized spacial score (nSPS) is 12.0. The largest absolute Gasteiger partial charge is 0.0923 e. The van der Waals surface area contributed by atoms with Crippen molar-refractivity contribution in [2.75, 3.05) is 0 Å². The van der Waals surface area contributed by atoms with Crippen molar-refractivity contribution in [1.82, 2.24) is 0 Å². The van der Waals surface area contributed by atoms with Crippen molar-refractivity contribution in [3.05, 3.63) is 23.8 Å². The van der Waals surface area contributed by atoms with Crippen molar-refractivity contribution in [2.24, 2.45) is 0 Å². The van der Waals surface area contributed by atoms with E-state index in [1.165, 1.54) is 12.8 Å². The molecule has 0 heterocycles. The summed E-state index contributed by atoms with van der Waals surface area (Å²) in [6.07, 6.45) is 9.96. The Kier molecular flexibility index (Phi) is 14.7. The molecule has 0 spiro atoms. The van der Waals surface area contributed by atoms with Crippen molar-refractivity contribution in [1.29, 1.82) is 0 Å². The molecule has 0 atom stereocenters. The van der Waals surface area contributed by atoms with Crippen molar-refractivity contribution in [3.63, 3.8) is 0 Å². The molecule has 0 aliphatic heterocycles. The van der Waals surface area contributed by atoms with Gasteiger partial charge in [0.2, 0.25) is 0 Å². The summed E-state index contributed by atoms with van der Waals surface area (Å²) in [5, 5.41) is 0. The molecule has 0 unspecified atom stereocenters. The maximum Gasteiger partial charge on any atom is 0.0541 e. The van der Waals surface area contributed by atoms with Crippen LogP contribution in [0.2, 0.25) is 6.32 Å². The zero-order chi connectivity index (χ0) is 9.23. The number of rotatable bonds is 3. The molecule has 0 saturated heterocycles. The molecular formula is C9H15B3Co. The van der Waals surface area contributed by atoms with Gasteiger partial charge in [-0.25, -0.2) is 0 Å². The van der Waals surface area contributed by atoms with Gasteiger partial charge >= 0.3 is 0 Å². The quantitative estimate of drug-likeness (QED) is 0.632. The fourth-order valence-electron chi connectivity index (χ4n) is 0.890. The predicted octanol–water partition coefficient (Wildman–Crippen LogP) is 2.11. The fourth-order valence-corrected chi connectivity index (χ4v) is 0.890. The van der Waals surface area contributed by atoms with Crippen molar-refractivity contribution in [3.8, 4) is 0 Å². The van der Waals surface area contributed by atoms with Gasteiger partial charge in [0.15, 0.2) is 0 Å². The summed E-state index contributed by atoms with van der Waals surface area (Å²) in [6.45, 7) is 4.24. The van der Waals surface area contributed by atoms with Crippen molar-refractivity contribution >= 4 is 22.0 Å². The molecule has 4 heteroatoms. The Hall–Kier alpha value is 0.181. The summed E-state index contributed by atoms with van der Waals surface area (Å²) in [5.74, 6) is 0. The van der Waals surface area contributed by atoms with Gasteiger partial charge in [0.1, 0.15) is 0 Å². The molecule has 0 aromatic rings. The fraction of sp³-hybridized carbons (Fsp3) is 0.556. The number of hydrogen-bond donors (Lipinski definition) is 0. The molecule has 0 aromatic carbocycles. The first-order chi connectivity index (χ1) is 5.85. The molecule has 1 aliphatic rings. The van der Waals surface area contributed by atoms with Crippen LogP contribution >= 0.6 is 0 Å². The monoisotopic (exact) mass is 215 g/mol. The van der Waals surface area contributed by atoms with Gasteiger partial charge in [0.05, 0.1) is 7.17 Å². The topological polar surface area (TPSA) is 0 Å². The average molecular weight is 215 g/mol. The van der Waals surface area contributed by atoms with Gasteiger partial charge in [-0.2, -0.15) is 0 Å².